The predicted octanol–water partition coefficient (Wildman–Crippen LogP) is 0.552. The van der Waals surface area contributed by atoms with Crippen molar-refractivity contribution in [2.45, 2.75) is 13.3 Å². The van der Waals surface area contributed by atoms with Crippen molar-refractivity contribution in [2.24, 2.45) is 7.05 Å². The molecule has 0 saturated heterocycles. The minimum Gasteiger partial charge on any atom is -0.337 e. The SMILES string of the molecule is CC(=O)Cc1cncn1C. The highest BCUT2D eigenvalue weighted by Gasteiger charge is 1.99. The molecule has 1 aromatic heterocycles. The van der Waals surface area contributed by atoms with Crippen molar-refractivity contribution < 1.29 is 4.79 Å². The van der Waals surface area contributed by atoms with E-state index in [-0.39, 0.29) is 5.78 Å². The minimum absolute atomic E-state index is 0.170. The molecule has 0 atom stereocenters. The molecule has 1 rings (SSSR count). The van der Waals surface area contributed by atoms with Crippen LogP contribution in [-0.4, -0.2) is 15.3 Å². The number of Topliss-reactive ketones (excluding diaryl/α,β-unsaturated/α-hetero) is 1. The maximum Gasteiger partial charge on any atom is 0.135 e. The minimum atomic E-state index is 0.170. The lowest BCUT2D eigenvalue weighted by Gasteiger charge is -1.95. The molecule has 10 heavy (non-hydrogen) atoms. The van der Waals surface area contributed by atoms with Crippen LogP contribution in [0.1, 0.15) is 12.6 Å². The molecule has 3 nitrogen and oxygen atoms in total. The highest BCUT2D eigenvalue weighted by atomic mass is 16.1. The highest BCUT2D eigenvalue weighted by molar-refractivity contribution is 5.77. The Hall–Kier alpha value is -1.12. The number of rotatable bonds is 2. The number of carbonyl (C=O) groups is 1. The number of carbonyl (C=O) groups excluding carboxylic acids is 1. The molecule has 0 saturated carbocycles. The Bertz CT molecular complexity index is 240. The van der Waals surface area contributed by atoms with Crippen molar-refractivity contribution in [2.75, 3.05) is 0 Å². The zero-order chi connectivity index (χ0) is 7.56. The third-order valence-electron chi connectivity index (χ3n) is 1.35. The Kier molecular flexibility index (Phi) is 1.85. The summed E-state index contributed by atoms with van der Waals surface area (Å²) in [6, 6.07) is 0. The zero-order valence-corrected chi connectivity index (χ0v) is 6.16. The van der Waals surface area contributed by atoms with Crippen molar-refractivity contribution in [1.82, 2.24) is 9.55 Å². The number of aryl methyl sites for hydroxylation is 1. The number of imidazole rings is 1. The number of aromatic nitrogens is 2. The van der Waals surface area contributed by atoms with E-state index in [1.54, 1.807) is 19.4 Å². The number of nitrogens with zero attached hydrogens (tertiary/aromatic N) is 2. The molecule has 0 N–H and O–H groups in total. The lowest BCUT2D eigenvalue weighted by atomic mass is 10.2. The molecular formula is C7H10N2O. The van der Waals surface area contributed by atoms with Crippen LogP contribution in [0.2, 0.25) is 0 Å². The maximum absolute atomic E-state index is 10.6. The molecule has 1 aromatic rings. The van der Waals surface area contributed by atoms with E-state index in [1.165, 1.54) is 0 Å². The van der Waals surface area contributed by atoms with Crippen LogP contribution in [0.4, 0.5) is 0 Å². The first-order chi connectivity index (χ1) is 4.70. The molecule has 3 heteroatoms. The van der Waals surface area contributed by atoms with Gasteiger partial charge in [-0.3, -0.25) is 4.79 Å². The molecule has 0 spiro atoms. The summed E-state index contributed by atoms with van der Waals surface area (Å²) < 4.78 is 1.85. The smallest absolute Gasteiger partial charge is 0.135 e. The van der Waals surface area contributed by atoms with E-state index < -0.39 is 0 Å². The highest BCUT2D eigenvalue weighted by Crippen LogP contribution is 1.96. The molecule has 0 radical (unpaired) electrons. The fraction of sp³-hybridized carbons (Fsp3) is 0.429. The summed E-state index contributed by atoms with van der Waals surface area (Å²) >= 11 is 0. The fourth-order valence-electron chi connectivity index (χ4n) is 0.810. The lowest BCUT2D eigenvalue weighted by molar-refractivity contribution is -0.116. The monoisotopic (exact) mass is 138 g/mol. The molecule has 0 fully saturated rings. The fourth-order valence-corrected chi connectivity index (χ4v) is 0.810. The van der Waals surface area contributed by atoms with E-state index in [4.69, 9.17) is 0 Å². The van der Waals surface area contributed by atoms with E-state index >= 15 is 0 Å². The van der Waals surface area contributed by atoms with Crippen molar-refractivity contribution in [3.05, 3.63) is 18.2 Å². The van der Waals surface area contributed by atoms with Gasteiger partial charge in [0.05, 0.1) is 6.33 Å². The Morgan fingerprint density at radius 2 is 2.50 bits per heavy atom. The number of hydrogen-bond acceptors (Lipinski definition) is 2. The normalized spacial score (nSPS) is 9.80. The summed E-state index contributed by atoms with van der Waals surface area (Å²) in [6.07, 6.45) is 3.89. The third kappa shape index (κ3) is 1.43. The van der Waals surface area contributed by atoms with Crippen molar-refractivity contribution in [3.63, 3.8) is 0 Å². The summed E-state index contributed by atoms with van der Waals surface area (Å²) in [5, 5.41) is 0. The van der Waals surface area contributed by atoms with E-state index in [2.05, 4.69) is 4.98 Å². The van der Waals surface area contributed by atoms with Gasteiger partial charge in [-0.15, -0.1) is 0 Å². The molecule has 0 amide bonds. The van der Waals surface area contributed by atoms with Crippen LogP contribution < -0.4 is 0 Å². The first-order valence-electron chi connectivity index (χ1n) is 3.15. The first-order valence-corrected chi connectivity index (χ1v) is 3.15. The van der Waals surface area contributed by atoms with Crippen LogP contribution in [0.5, 0.6) is 0 Å². The Morgan fingerprint density at radius 3 is 2.90 bits per heavy atom. The van der Waals surface area contributed by atoms with Gasteiger partial charge < -0.3 is 4.57 Å². The van der Waals surface area contributed by atoms with Gasteiger partial charge in [0.1, 0.15) is 5.78 Å². The summed E-state index contributed by atoms with van der Waals surface area (Å²) in [6.45, 7) is 1.58. The Morgan fingerprint density at radius 1 is 1.80 bits per heavy atom. The van der Waals surface area contributed by atoms with Crippen LogP contribution >= 0.6 is 0 Å². The standard InChI is InChI=1S/C7H10N2O/c1-6(10)3-7-4-8-5-9(7)2/h4-5H,3H2,1-2H3. The van der Waals surface area contributed by atoms with Crippen LogP contribution in [0, 0.1) is 0 Å². The van der Waals surface area contributed by atoms with Gasteiger partial charge in [0, 0.05) is 25.4 Å². The van der Waals surface area contributed by atoms with Gasteiger partial charge in [-0.1, -0.05) is 0 Å². The van der Waals surface area contributed by atoms with Crippen LogP contribution in [-0.2, 0) is 18.3 Å². The first kappa shape index (κ1) is 6.99. The van der Waals surface area contributed by atoms with Crippen molar-refractivity contribution in [3.8, 4) is 0 Å². The molecule has 0 bridgehead atoms. The topological polar surface area (TPSA) is 34.9 Å². The maximum atomic E-state index is 10.6. The van der Waals surface area contributed by atoms with Crippen LogP contribution in [0.15, 0.2) is 12.5 Å². The van der Waals surface area contributed by atoms with Gasteiger partial charge >= 0.3 is 0 Å². The molecule has 1 heterocycles. The van der Waals surface area contributed by atoms with Crippen molar-refractivity contribution >= 4 is 5.78 Å². The van der Waals surface area contributed by atoms with Gasteiger partial charge in [-0.25, -0.2) is 4.98 Å². The summed E-state index contributed by atoms with van der Waals surface area (Å²) in [4.78, 5) is 14.5. The van der Waals surface area contributed by atoms with Crippen LogP contribution in [0.3, 0.4) is 0 Å². The largest absolute Gasteiger partial charge is 0.337 e. The lowest BCUT2D eigenvalue weighted by Crippen LogP contribution is -2.01. The molecule has 0 unspecified atom stereocenters. The molecule has 0 aliphatic heterocycles. The Labute approximate surface area is 59.7 Å². The average molecular weight is 138 g/mol. The van der Waals surface area contributed by atoms with Gasteiger partial charge in [-0.2, -0.15) is 0 Å². The second-order valence-electron chi connectivity index (χ2n) is 2.37. The van der Waals surface area contributed by atoms with Gasteiger partial charge in [0.2, 0.25) is 0 Å². The summed E-state index contributed by atoms with van der Waals surface area (Å²) in [7, 11) is 1.88. The Balaban J connectivity index is 2.74. The molecule has 0 aliphatic carbocycles. The van der Waals surface area contributed by atoms with Crippen molar-refractivity contribution in [1.29, 1.82) is 0 Å². The van der Waals surface area contributed by atoms with Gasteiger partial charge in [0.15, 0.2) is 0 Å². The predicted molar refractivity (Wildman–Crippen MR) is 37.6 cm³/mol. The summed E-state index contributed by atoms with van der Waals surface area (Å²) in [5.74, 6) is 0.170. The number of ketones is 1. The van der Waals surface area contributed by atoms with E-state index in [0.717, 1.165) is 5.69 Å². The van der Waals surface area contributed by atoms with Crippen LogP contribution in [0.25, 0.3) is 0 Å². The zero-order valence-electron chi connectivity index (χ0n) is 6.16. The molecule has 0 aliphatic rings. The third-order valence-corrected chi connectivity index (χ3v) is 1.35. The molecule has 54 valence electrons. The molecular weight excluding hydrogens is 128 g/mol. The summed E-state index contributed by atoms with van der Waals surface area (Å²) in [5.41, 5.74) is 0.965. The quantitative estimate of drug-likeness (QED) is 0.598. The van der Waals surface area contributed by atoms with Gasteiger partial charge in [-0.05, 0) is 6.92 Å². The van der Waals surface area contributed by atoms with E-state index in [9.17, 15) is 4.79 Å². The van der Waals surface area contributed by atoms with Gasteiger partial charge in [0.25, 0.3) is 0 Å². The molecule has 0 aromatic carbocycles. The second-order valence-corrected chi connectivity index (χ2v) is 2.37. The van der Waals surface area contributed by atoms with E-state index in [0.29, 0.717) is 6.42 Å². The second kappa shape index (κ2) is 2.64. The number of hydrogen-bond donors (Lipinski definition) is 0. The van der Waals surface area contributed by atoms with E-state index in [1.807, 2.05) is 11.6 Å². The average Bonchev–Trinajstić information content (AvgIpc) is 2.15.